The highest BCUT2D eigenvalue weighted by atomic mass is 32.2. The van der Waals surface area contributed by atoms with Crippen LogP contribution in [0.3, 0.4) is 0 Å². The van der Waals surface area contributed by atoms with E-state index < -0.39 is 10.0 Å². The number of rotatable bonds is 11. The Kier molecular flexibility index (Phi) is 9.30. The van der Waals surface area contributed by atoms with Crippen LogP contribution in [0.4, 0.5) is 4.39 Å². The number of nitrogens with one attached hydrogen (secondary N) is 1. The minimum atomic E-state index is -3.40. The Morgan fingerprint density at radius 1 is 0.946 bits per heavy atom. The molecule has 6 nitrogen and oxygen atoms in total. The van der Waals surface area contributed by atoms with E-state index in [1.54, 1.807) is 12.1 Å². The summed E-state index contributed by atoms with van der Waals surface area (Å²) in [5.41, 5.74) is 2.92. The number of benzene rings is 3. The molecule has 8 heteroatoms. The Morgan fingerprint density at radius 2 is 1.65 bits per heavy atom. The number of halogens is 1. The van der Waals surface area contributed by atoms with Crippen molar-refractivity contribution in [3.63, 3.8) is 0 Å². The quantitative estimate of drug-likeness (QED) is 0.395. The van der Waals surface area contributed by atoms with Gasteiger partial charge in [-0.15, -0.1) is 0 Å². The van der Waals surface area contributed by atoms with Crippen molar-refractivity contribution in [1.29, 1.82) is 0 Å². The van der Waals surface area contributed by atoms with E-state index in [1.807, 2.05) is 54.6 Å². The van der Waals surface area contributed by atoms with Crippen LogP contribution in [0.2, 0.25) is 0 Å². The first-order valence-electron chi connectivity index (χ1n) is 12.6. The fraction of sp³-hybridized carbons (Fsp3) is 0.345. The summed E-state index contributed by atoms with van der Waals surface area (Å²) in [5, 5.41) is 2.95. The van der Waals surface area contributed by atoms with E-state index in [4.69, 9.17) is 4.74 Å². The number of sulfonamides is 1. The second kappa shape index (κ2) is 12.8. The molecule has 1 N–H and O–H groups in total. The molecule has 1 aliphatic heterocycles. The average molecular weight is 525 g/mol. The van der Waals surface area contributed by atoms with Crippen LogP contribution in [0.1, 0.15) is 36.0 Å². The molecule has 1 unspecified atom stereocenters. The standard InChI is InChI=1S/C29H33FN2O4S/c30-27-14-10-25(11-15-27)22-36-28-16-12-24(13-17-28)20-31-29(33)26-9-4-18-32(21-26)37(34,35)19-5-8-23-6-2-1-3-7-23/h1-3,6-7,10-17,26H,4-5,8-9,18-22H2,(H,31,33). The molecule has 4 rings (SSSR count). The number of hydrogen-bond donors (Lipinski definition) is 1. The SMILES string of the molecule is O=C(NCc1ccc(OCc2ccc(F)cc2)cc1)C1CCCN(S(=O)(=O)CCCc2ccccc2)C1. The zero-order chi connectivity index (χ0) is 26.1. The van der Waals surface area contributed by atoms with Crippen LogP contribution in [-0.4, -0.2) is 37.5 Å². The van der Waals surface area contributed by atoms with Gasteiger partial charge in [-0.05, 0) is 66.6 Å². The molecule has 0 radical (unpaired) electrons. The van der Waals surface area contributed by atoms with Crippen LogP contribution in [-0.2, 0) is 34.4 Å². The van der Waals surface area contributed by atoms with Crippen LogP contribution in [0.25, 0.3) is 0 Å². The summed E-state index contributed by atoms with van der Waals surface area (Å²) >= 11 is 0. The van der Waals surface area contributed by atoms with E-state index in [9.17, 15) is 17.6 Å². The van der Waals surface area contributed by atoms with Crippen molar-refractivity contribution in [2.24, 2.45) is 5.92 Å². The first-order chi connectivity index (χ1) is 17.9. The Balaban J connectivity index is 1.21. The lowest BCUT2D eigenvalue weighted by molar-refractivity contribution is -0.126. The third-order valence-electron chi connectivity index (χ3n) is 6.57. The van der Waals surface area contributed by atoms with Gasteiger partial charge in [-0.2, -0.15) is 0 Å². The van der Waals surface area contributed by atoms with Gasteiger partial charge in [-0.25, -0.2) is 17.1 Å². The van der Waals surface area contributed by atoms with E-state index in [-0.39, 0.29) is 29.9 Å². The fourth-order valence-corrected chi connectivity index (χ4v) is 6.01. The van der Waals surface area contributed by atoms with E-state index in [0.29, 0.717) is 51.1 Å². The number of piperidine rings is 1. The summed E-state index contributed by atoms with van der Waals surface area (Å²) in [7, 11) is -3.40. The molecule has 1 fully saturated rings. The topological polar surface area (TPSA) is 75.7 Å². The predicted octanol–water partition coefficient (Wildman–Crippen LogP) is 4.70. The third kappa shape index (κ3) is 8.13. The molecule has 0 saturated carbocycles. The molecule has 1 amide bonds. The lowest BCUT2D eigenvalue weighted by Crippen LogP contribution is -2.46. The molecule has 37 heavy (non-hydrogen) atoms. The molecule has 1 saturated heterocycles. The summed E-state index contributed by atoms with van der Waals surface area (Å²) in [6, 6.07) is 23.4. The summed E-state index contributed by atoms with van der Waals surface area (Å²) in [6.07, 6.45) is 2.63. The molecule has 1 heterocycles. The average Bonchev–Trinajstić information content (AvgIpc) is 2.92. The van der Waals surface area contributed by atoms with E-state index in [2.05, 4.69) is 5.32 Å². The highest BCUT2D eigenvalue weighted by molar-refractivity contribution is 7.89. The molecule has 3 aromatic rings. The van der Waals surface area contributed by atoms with Crippen LogP contribution in [0, 0.1) is 11.7 Å². The number of ether oxygens (including phenoxy) is 1. The Hall–Kier alpha value is -3.23. The Labute approximate surface area is 218 Å². The molecule has 1 atom stereocenters. The van der Waals surface area contributed by atoms with Gasteiger partial charge in [0.15, 0.2) is 0 Å². The number of amides is 1. The Bertz CT molecular complexity index is 1250. The van der Waals surface area contributed by atoms with Crippen LogP contribution < -0.4 is 10.1 Å². The first kappa shape index (κ1) is 26.8. The van der Waals surface area contributed by atoms with Gasteiger partial charge in [0.1, 0.15) is 18.2 Å². The summed E-state index contributed by atoms with van der Waals surface area (Å²) in [4.78, 5) is 12.8. The van der Waals surface area contributed by atoms with Crippen molar-refractivity contribution in [2.45, 2.75) is 38.8 Å². The third-order valence-corrected chi connectivity index (χ3v) is 8.49. The first-order valence-corrected chi connectivity index (χ1v) is 14.3. The minimum Gasteiger partial charge on any atom is -0.489 e. The van der Waals surface area contributed by atoms with Crippen molar-refractivity contribution in [2.75, 3.05) is 18.8 Å². The maximum Gasteiger partial charge on any atom is 0.224 e. The fourth-order valence-electron chi connectivity index (χ4n) is 4.43. The highest BCUT2D eigenvalue weighted by Gasteiger charge is 2.31. The second-order valence-electron chi connectivity index (χ2n) is 9.38. The van der Waals surface area contributed by atoms with Crippen LogP contribution >= 0.6 is 0 Å². The number of aryl methyl sites for hydroxylation is 1. The number of carbonyl (C=O) groups excluding carboxylic acids is 1. The lowest BCUT2D eigenvalue weighted by Gasteiger charge is -2.31. The van der Waals surface area contributed by atoms with Crippen LogP contribution in [0.15, 0.2) is 78.9 Å². The highest BCUT2D eigenvalue weighted by Crippen LogP contribution is 2.21. The maximum absolute atomic E-state index is 13.0. The summed E-state index contributed by atoms with van der Waals surface area (Å²) in [5.74, 6) is 0.0133. The van der Waals surface area contributed by atoms with Gasteiger partial charge in [0.05, 0.1) is 11.7 Å². The van der Waals surface area contributed by atoms with Crippen molar-refractivity contribution in [3.05, 3.63) is 101 Å². The van der Waals surface area contributed by atoms with Gasteiger partial charge in [-0.1, -0.05) is 54.6 Å². The molecule has 1 aliphatic rings. The molecule has 0 aliphatic carbocycles. The molecular formula is C29H33FN2O4S. The number of carbonyl (C=O) groups is 1. The smallest absolute Gasteiger partial charge is 0.224 e. The zero-order valence-corrected chi connectivity index (χ0v) is 21.6. The second-order valence-corrected chi connectivity index (χ2v) is 11.5. The van der Waals surface area contributed by atoms with Gasteiger partial charge >= 0.3 is 0 Å². The van der Waals surface area contributed by atoms with Gasteiger partial charge in [0.25, 0.3) is 0 Å². The monoisotopic (exact) mass is 524 g/mol. The summed E-state index contributed by atoms with van der Waals surface area (Å²) in [6.45, 7) is 1.40. The van der Waals surface area contributed by atoms with Gasteiger partial charge < -0.3 is 10.1 Å². The summed E-state index contributed by atoms with van der Waals surface area (Å²) < 4.78 is 46.0. The molecule has 0 bridgehead atoms. The van der Waals surface area contributed by atoms with Crippen molar-refractivity contribution in [1.82, 2.24) is 9.62 Å². The largest absolute Gasteiger partial charge is 0.489 e. The molecule has 0 spiro atoms. The molecule has 3 aromatic carbocycles. The molecular weight excluding hydrogens is 491 g/mol. The van der Waals surface area contributed by atoms with Gasteiger partial charge in [0, 0.05) is 19.6 Å². The van der Waals surface area contributed by atoms with Crippen molar-refractivity contribution in [3.8, 4) is 5.75 Å². The normalized spacial score (nSPS) is 16.3. The van der Waals surface area contributed by atoms with Gasteiger partial charge in [-0.3, -0.25) is 4.79 Å². The predicted molar refractivity (Wildman–Crippen MR) is 142 cm³/mol. The van der Waals surface area contributed by atoms with Crippen molar-refractivity contribution >= 4 is 15.9 Å². The Morgan fingerprint density at radius 3 is 2.38 bits per heavy atom. The van der Waals surface area contributed by atoms with E-state index in [0.717, 1.165) is 16.7 Å². The van der Waals surface area contributed by atoms with E-state index in [1.165, 1.54) is 16.4 Å². The molecule has 196 valence electrons. The lowest BCUT2D eigenvalue weighted by atomic mass is 9.99. The minimum absolute atomic E-state index is 0.0891. The van der Waals surface area contributed by atoms with Crippen LogP contribution in [0.5, 0.6) is 5.75 Å². The van der Waals surface area contributed by atoms with Gasteiger partial charge in [0.2, 0.25) is 15.9 Å². The molecule has 0 aromatic heterocycles. The maximum atomic E-state index is 13.0. The van der Waals surface area contributed by atoms with E-state index >= 15 is 0 Å². The zero-order valence-electron chi connectivity index (χ0n) is 20.8. The van der Waals surface area contributed by atoms with Crippen molar-refractivity contribution < 1.29 is 22.3 Å². The number of nitrogens with zero attached hydrogens (tertiary/aromatic N) is 1. The number of hydrogen-bond acceptors (Lipinski definition) is 4.